The van der Waals surface area contributed by atoms with E-state index in [2.05, 4.69) is 267 Å². The first-order chi connectivity index (χ1) is 33.5. The number of fused-ring (bicyclic) bond motifs is 10. The monoisotopic (exact) mass is 865 g/mol. The molecule has 68 heavy (non-hydrogen) atoms. The first-order valence-electron chi connectivity index (χ1n) is 23.7. The molecule has 12 aromatic carbocycles. The Kier molecular flexibility index (Phi) is 9.27. The lowest BCUT2D eigenvalue weighted by molar-refractivity contribution is 0.662. The van der Waals surface area contributed by atoms with Crippen molar-refractivity contribution in [1.82, 2.24) is 0 Å². The van der Waals surface area contributed by atoms with E-state index < -0.39 is 0 Å². The zero-order chi connectivity index (χ0) is 45.3. The minimum atomic E-state index is -0.111. The average Bonchev–Trinajstić information content (AvgIpc) is 3.65. The first-order valence-corrected chi connectivity index (χ1v) is 23.7. The number of para-hydroxylation sites is 1. The van der Waals surface area contributed by atoms with Gasteiger partial charge in [0, 0.05) is 22.4 Å². The predicted octanol–water partition coefficient (Wildman–Crippen LogP) is 18.7. The molecule has 320 valence electrons. The molecule has 0 atom stereocenters. The van der Waals surface area contributed by atoms with Gasteiger partial charge in [0.05, 0.1) is 5.69 Å². The van der Waals surface area contributed by atoms with E-state index in [1.165, 1.54) is 104 Å². The Hall–Kier alpha value is -8.52. The molecule has 1 heteroatoms. The van der Waals surface area contributed by atoms with Gasteiger partial charge in [-0.15, -0.1) is 0 Å². The highest BCUT2D eigenvalue weighted by atomic mass is 15.1. The second-order valence-corrected chi connectivity index (χ2v) is 18.8. The van der Waals surface area contributed by atoms with Crippen LogP contribution in [0.2, 0.25) is 0 Å². The zero-order valence-electron chi connectivity index (χ0n) is 38.1. The Morgan fingerprint density at radius 2 is 0.750 bits per heavy atom. The van der Waals surface area contributed by atoms with Crippen LogP contribution in [-0.2, 0) is 5.41 Å². The van der Waals surface area contributed by atoms with Crippen LogP contribution in [0, 0.1) is 0 Å². The molecular formula is C67H47N. The molecule has 0 fully saturated rings. The van der Waals surface area contributed by atoms with E-state index in [0.717, 1.165) is 22.6 Å². The maximum Gasteiger partial charge on any atom is 0.0540 e. The quantitative estimate of drug-likeness (QED) is 0.144. The summed E-state index contributed by atoms with van der Waals surface area (Å²) < 4.78 is 0. The van der Waals surface area contributed by atoms with Gasteiger partial charge in [-0.2, -0.15) is 0 Å². The summed E-state index contributed by atoms with van der Waals surface area (Å²) in [4.78, 5) is 2.43. The summed E-state index contributed by atoms with van der Waals surface area (Å²) in [5.41, 5.74) is 18.3. The van der Waals surface area contributed by atoms with Gasteiger partial charge in [0.15, 0.2) is 0 Å². The SMILES string of the molecule is CC1(C)c2ccccc2-c2cccc(-c3ccc(N(c4ccc(-c5ccc6c7ccccc7c7ccccc7c6c5)cc4)c4ccccc4-c4cccc(-c5cccc6ccccc56)c4)cc3)c21. The van der Waals surface area contributed by atoms with Crippen LogP contribution in [0.25, 0.3) is 98.7 Å². The summed E-state index contributed by atoms with van der Waals surface area (Å²) in [6.07, 6.45) is 0. The maximum atomic E-state index is 2.43. The number of rotatable bonds is 7. The standard InChI is InChI=1S/C67H47N/c1-67(2)64-30-11-9-26-61(64)62-29-15-28-55(66(62)67)46-34-39-51(40-35-46)68(65-31-12-10-21-54(65)49-19-13-18-48(42-49)53-27-14-17-45-16-3-4-20-52(45)53)50-37-32-44(33-38-50)47-36-41-60-58-24-6-5-22-56(58)57-23-7-8-25-59(57)63(60)43-47/h3-43H,1-2H3. The molecule has 0 radical (unpaired) electrons. The molecular weight excluding hydrogens is 819 g/mol. The fourth-order valence-corrected chi connectivity index (χ4v) is 11.4. The Balaban J connectivity index is 0.940. The van der Waals surface area contributed by atoms with E-state index in [9.17, 15) is 0 Å². The van der Waals surface area contributed by atoms with E-state index in [0.29, 0.717) is 0 Å². The van der Waals surface area contributed by atoms with Gasteiger partial charge in [0.2, 0.25) is 0 Å². The highest BCUT2D eigenvalue weighted by Crippen LogP contribution is 2.52. The Morgan fingerprint density at radius 3 is 1.47 bits per heavy atom. The van der Waals surface area contributed by atoms with Gasteiger partial charge in [-0.3, -0.25) is 0 Å². The lowest BCUT2D eigenvalue weighted by atomic mass is 9.79. The number of anilines is 3. The average molecular weight is 866 g/mol. The number of hydrogen-bond acceptors (Lipinski definition) is 1. The minimum absolute atomic E-state index is 0.111. The lowest BCUT2D eigenvalue weighted by Gasteiger charge is -2.29. The van der Waals surface area contributed by atoms with E-state index in [1.54, 1.807) is 0 Å². The topological polar surface area (TPSA) is 3.24 Å². The van der Waals surface area contributed by atoms with Crippen LogP contribution in [0.5, 0.6) is 0 Å². The second kappa shape index (κ2) is 15.8. The van der Waals surface area contributed by atoms with Crippen LogP contribution in [0.4, 0.5) is 17.1 Å². The molecule has 0 aliphatic heterocycles. The third-order valence-electron chi connectivity index (χ3n) is 14.6. The highest BCUT2D eigenvalue weighted by Gasteiger charge is 2.37. The van der Waals surface area contributed by atoms with Gasteiger partial charge < -0.3 is 4.90 Å². The molecule has 0 amide bonds. The van der Waals surface area contributed by atoms with E-state index in [1.807, 2.05) is 0 Å². The van der Waals surface area contributed by atoms with Gasteiger partial charge in [0.25, 0.3) is 0 Å². The smallest absolute Gasteiger partial charge is 0.0540 e. The largest absolute Gasteiger partial charge is 0.310 e. The normalized spacial score (nSPS) is 12.7. The van der Waals surface area contributed by atoms with Crippen molar-refractivity contribution >= 4 is 60.2 Å². The molecule has 1 aliphatic carbocycles. The fourth-order valence-electron chi connectivity index (χ4n) is 11.4. The lowest BCUT2D eigenvalue weighted by Crippen LogP contribution is -2.16. The molecule has 0 N–H and O–H groups in total. The van der Waals surface area contributed by atoms with Crippen molar-refractivity contribution in [3.8, 4) is 55.6 Å². The molecule has 0 heterocycles. The molecule has 0 saturated carbocycles. The molecule has 13 rings (SSSR count). The number of benzene rings is 12. The molecule has 0 unspecified atom stereocenters. The third-order valence-corrected chi connectivity index (χ3v) is 14.6. The minimum Gasteiger partial charge on any atom is -0.310 e. The van der Waals surface area contributed by atoms with Gasteiger partial charge in [0.1, 0.15) is 0 Å². The molecule has 1 aliphatic rings. The van der Waals surface area contributed by atoms with Crippen LogP contribution in [0.3, 0.4) is 0 Å². The zero-order valence-corrected chi connectivity index (χ0v) is 38.1. The highest BCUT2D eigenvalue weighted by molar-refractivity contribution is 6.25. The predicted molar refractivity (Wildman–Crippen MR) is 290 cm³/mol. The van der Waals surface area contributed by atoms with Crippen molar-refractivity contribution < 1.29 is 0 Å². The van der Waals surface area contributed by atoms with Crippen molar-refractivity contribution in [3.05, 3.63) is 260 Å². The summed E-state index contributed by atoms with van der Waals surface area (Å²) in [6, 6.07) is 91.9. The maximum absolute atomic E-state index is 2.43. The molecule has 1 nitrogen and oxygen atoms in total. The molecule has 0 aromatic heterocycles. The van der Waals surface area contributed by atoms with Gasteiger partial charge in [-0.05, 0) is 147 Å². The van der Waals surface area contributed by atoms with Crippen LogP contribution in [0.15, 0.2) is 249 Å². The Bertz CT molecular complexity index is 3890. The van der Waals surface area contributed by atoms with Crippen LogP contribution < -0.4 is 4.90 Å². The van der Waals surface area contributed by atoms with E-state index in [-0.39, 0.29) is 5.41 Å². The van der Waals surface area contributed by atoms with E-state index in [4.69, 9.17) is 0 Å². The van der Waals surface area contributed by atoms with Gasteiger partial charge in [-0.25, -0.2) is 0 Å². The van der Waals surface area contributed by atoms with Crippen molar-refractivity contribution in [2.24, 2.45) is 0 Å². The molecule has 0 spiro atoms. The van der Waals surface area contributed by atoms with Crippen molar-refractivity contribution in [1.29, 1.82) is 0 Å². The van der Waals surface area contributed by atoms with Crippen LogP contribution in [-0.4, -0.2) is 0 Å². The summed E-state index contributed by atoms with van der Waals surface area (Å²) >= 11 is 0. The first kappa shape index (κ1) is 39.8. The molecule has 12 aromatic rings. The number of nitrogens with zero attached hydrogens (tertiary/aromatic N) is 1. The Labute approximate surface area is 397 Å². The van der Waals surface area contributed by atoms with Crippen molar-refractivity contribution in [3.63, 3.8) is 0 Å². The van der Waals surface area contributed by atoms with Crippen LogP contribution >= 0.6 is 0 Å². The Morgan fingerprint density at radius 1 is 0.279 bits per heavy atom. The molecule has 0 bridgehead atoms. The third kappa shape index (κ3) is 6.38. The summed E-state index contributed by atoms with van der Waals surface area (Å²) in [5.74, 6) is 0. The van der Waals surface area contributed by atoms with Crippen LogP contribution in [0.1, 0.15) is 25.0 Å². The fraction of sp³-hybridized carbons (Fsp3) is 0.0448. The number of hydrogen-bond donors (Lipinski definition) is 0. The summed E-state index contributed by atoms with van der Waals surface area (Å²) in [7, 11) is 0. The van der Waals surface area contributed by atoms with Crippen molar-refractivity contribution in [2.45, 2.75) is 19.3 Å². The van der Waals surface area contributed by atoms with Crippen molar-refractivity contribution in [2.75, 3.05) is 4.90 Å². The molecule has 0 saturated heterocycles. The van der Waals surface area contributed by atoms with Gasteiger partial charge >= 0.3 is 0 Å². The van der Waals surface area contributed by atoms with E-state index >= 15 is 0 Å². The van der Waals surface area contributed by atoms with Gasteiger partial charge in [-0.1, -0.05) is 220 Å². The summed E-state index contributed by atoms with van der Waals surface area (Å²) in [6.45, 7) is 4.74. The summed E-state index contributed by atoms with van der Waals surface area (Å²) in [5, 5.41) is 10.2. The second-order valence-electron chi connectivity index (χ2n) is 18.8.